The molecule has 4 saturated heterocycles. The van der Waals surface area contributed by atoms with Crippen LogP contribution in [0.15, 0.2) is 48.8 Å². The van der Waals surface area contributed by atoms with Crippen molar-refractivity contribution in [1.29, 1.82) is 0 Å². The molecule has 0 aliphatic carbocycles. The van der Waals surface area contributed by atoms with Crippen LogP contribution in [-0.2, 0) is 14.2 Å². The third-order valence-electron chi connectivity index (χ3n) is 13.1. The van der Waals surface area contributed by atoms with Crippen LogP contribution < -0.4 is 30.3 Å². The Morgan fingerprint density at radius 1 is 0.710 bits per heavy atom. The van der Waals surface area contributed by atoms with Crippen molar-refractivity contribution in [2.75, 3.05) is 116 Å². The molecule has 0 atom stereocenters. The lowest BCUT2D eigenvalue weighted by Gasteiger charge is -2.45. The molecule has 0 spiro atoms. The molecule has 8 heterocycles. The fourth-order valence-corrected chi connectivity index (χ4v) is 11.3. The maximum absolute atomic E-state index is 13.7. The van der Waals surface area contributed by atoms with Crippen LogP contribution in [0.2, 0.25) is 0 Å². The highest BCUT2D eigenvalue weighted by Crippen LogP contribution is 2.37. The minimum Gasteiger partial charge on any atom is -0.496 e. The molecule has 2 aromatic carbocycles. The number of fused-ring (bicyclic) bond motifs is 2. The second-order valence-corrected chi connectivity index (χ2v) is 21.0. The Morgan fingerprint density at radius 2 is 1.16 bits per heavy atom. The van der Waals surface area contributed by atoms with Crippen LogP contribution in [0.4, 0.5) is 23.8 Å². The Bertz CT molecular complexity index is 2690. The number of benzene rings is 2. The van der Waals surface area contributed by atoms with Crippen molar-refractivity contribution in [2.45, 2.75) is 63.1 Å². The summed E-state index contributed by atoms with van der Waals surface area (Å²) in [4.78, 5) is 32.7. The summed E-state index contributed by atoms with van der Waals surface area (Å²) in [6, 6.07) is 8.94. The number of hydrogen-bond donors (Lipinski definition) is 2. The van der Waals surface area contributed by atoms with E-state index < -0.39 is 11.1 Å². The van der Waals surface area contributed by atoms with Gasteiger partial charge in [0.15, 0.2) is 0 Å². The average Bonchev–Trinajstić information content (AvgIpc) is 4.13. The van der Waals surface area contributed by atoms with E-state index in [-0.39, 0.29) is 23.3 Å². The lowest BCUT2D eigenvalue weighted by atomic mass is 9.86. The van der Waals surface area contributed by atoms with E-state index in [0.29, 0.717) is 24.7 Å². The molecule has 372 valence electrons. The molecule has 0 bridgehead atoms. The van der Waals surface area contributed by atoms with Crippen LogP contribution in [0.3, 0.4) is 0 Å². The summed E-state index contributed by atoms with van der Waals surface area (Å²) in [5.41, 5.74) is 8.62. The van der Waals surface area contributed by atoms with Gasteiger partial charge in [0.05, 0.1) is 70.0 Å². The van der Waals surface area contributed by atoms with Gasteiger partial charge in [0.25, 0.3) is 0 Å². The molecule has 22 heteroatoms. The van der Waals surface area contributed by atoms with Gasteiger partial charge in [-0.25, -0.2) is 32.6 Å². The van der Waals surface area contributed by atoms with E-state index in [9.17, 15) is 13.6 Å². The monoisotopic (exact) mass is 992 g/mol. The third-order valence-corrected chi connectivity index (χ3v) is 15.1. The van der Waals surface area contributed by atoms with Crippen molar-refractivity contribution in [2.24, 2.45) is 5.73 Å². The average molecular weight is 993 g/mol. The zero-order valence-corrected chi connectivity index (χ0v) is 41.6. The van der Waals surface area contributed by atoms with Gasteiger partial charge in [0.2, 0.25) is 20.2 Å². The van der Waals surface area contributed by atoms with Crippen LogP contribution in [-0.4, -0.2) is 168 Å². The molecule has 18 nitrogen and oxygen atoms in total. The molecular formula is C47H62F2N12O6S2. The van der Waals surface area contributed by atoms with Gasteiger partial charge in [0.1, 0.15) is 28.7 Å². The Balaban J connectivity index is 0.000000175. The normalized spacial score (nSPS) is 19.1. The SMILES string of the molecule is COc1cc(F)ccc1-c1cnc2sc(N3CCC(CN4CCOCC4)(NC(=O)OC(C)(C)C)CC3)nn12.COc1cc(F)ccc1-c1cnc2sc(N3CCC(N)(CN4CCOCC4)CC3)nn12. The highest BCUT2D eigenvalue weighted by atomic mass is 32.1. The molecule has 4 fully saturated rings. The number of anilines is 2. The summed E-state index contributed by atoms with van der Waals surface area (Å²) < 4.78 is 58.3. The van der Waals surface area contributed by atoms with E-state index in [2.05, 4.69) is 34.9 Å². The number of aromatic nitrogens is 6. The molecule has 3 N–H and O–H groups in total. The lowest BCUT2D eigenvalue weighted by molar-refractivity contribution is 0.0127. The molecular weight excluding hydrogens is 931 g/mol. The number of nitrogens with zero attached hydrogens (tertiary/aromatic N) is 10. The number of methoxy groups -OCH3 is 2. The number of nitrogens with two attached hydrogens (primary N) is 1. The van der Waals surface area contributed by atoms with Crippen LogP contribution in [0.25, 0.3) is 32.4 Å². The van der Waals surface area contributed by atoms with Gasteiger partial charge in [-0.1, -0.05) is 22.7 Å². The van der Waals surface area contributed by atoms with E-state index in [1.807, 2.05) is 25.3 Å². The van der Waals surface area contributed by atoms with Gasteiger partial charge < -0.3 is 44.5 Å². The summed E-state index contributed by atoms with van der Waals surface area (Å²) in [6.07, 6.45) is 6.45. The number of carbonyl (C=O) groups excluding carboxylic acids is 1. The number of carbonyl (C=O) groups is 1. The predicted octanol–water partition coefficient (Wildman–Crippen LogP) is 6.04. The Hall–Kier alpha value is -5.23. The number of hydrogen-bond acceptors (Lipinski definition) is 17. The first kappa shape index (κ1) is 48.8. The van der Waals surface area contributed by atoms with Crippen molar-refractivity contribution in [1.82, 2.24) is 44.3 Å². The summed E-state index contributed by atoms with van der Waals surface area (Å²) >= 11 is 3.06. The standard InChI is InChI=1S/C26H35FN6O4S.C21H27FN6O2S/c1-25(2,3)37-24(34)29-26(17-31-11-13-36-14-12-31)7-9-32(10-8-26)23-30-33-20(16-28-22(33)38-23)19-6-5-18(27)15-21(19)35-4;1-29-18-12-15(22)2-3-16(18)17-13-24-19-28(17)25-20(31-19)27-6-4-21(23,5-7-27)14-26-8-10-30-11-9-26/h5-6,15-16H,7-14,17H2,1-4H3,(H,29,34);2-3,12-13H,4-11,14,23H2,1H3. The van der Waals surface area contributed by atoms with Gasteiger partial charge in [-0.2, -0.15) is 0 Å². The number of alkyl carbamates (subject to hydrolysis) is 1. The summed E-state index contributed by atoms with van der Waals surface area (Å²) in [7, 11) is 3.05. The van der Waals surface area contributed by atoms with E-state index in [1.54, 1.807) is 40.4 Å². The van der Waals surface area contributed by atoms with Crippen LogP contribution in [0.5, 0.6) is 11.5 Å². The van der Waals surface area contributed by atoms with Gasteiger partial charge in [-0.15, -0.1) is 10.2 Å². The number of amides is 1. The second-order valence-electron chi connectivity index (χ2n) is 19.2. The maximum Gasteiger partial charge on any atom is 0.408 e. The molecule has 6 aromatic rings. The molecule has 4 aromatic heterocycles. The van der Waals surface area contributed by atoms with Gasteiger partial charge in [0, 0.05) is 94.2 Å². The number of halogens is 2. The largest absolute Gasteiger partial charge is 0.496 e. The first-order valence-corrected chi connectivity index (χ1v) is 25.1. The Labute approximate surface area is 408 Å². The Kier molecular flexibility index (Phi) is 14.6. The highest BCUT2D eigenvalue weighted by Gasteiger charge is 2.40. The summed E-state index contributed by atoms with van der Waals surface area (Å²) in [5.74, 6) is 0.195. The summed E-state index contributed by atoms with van der Waals surface area (Å²) in [5, 5.41) is 14.7. The van der Waals surface area contributed by atoms with E-state index >= 15 is 0 Å². The van der Waals surface area contributed by atoms with Crippen molar-refractivity contribution >= 4 is 49.0 Å². The zero-order valence-electron chi connectivity index (χ0n) is 39.9. The first-order chi connectivity index (χ1) is 33.2. The van der Waals surface area contributed by atoms with Gasteiger partial charge in [-0.3, -0.25) is 9.80 Å². The topological polar surface area (TPSA) is 175 Å². The van der Waals surface area contributed by atoms with Crippen molar-refractivity contribution in [3.8, 4) is 34.0 Å². The molecule has 4 aliphatic rings. The molecule has 0 unspecified atom stereocenters. The maximum atomic E-state index is 13.7. The summed E-state index contributed by atoms with van der Waals surface area (Å²) in [6.45, 7) is 17.1. The van der Waals surface area contributed by atoms with E-state index in [0.717, 1.165) is 147 Å². The quantitative estimate of drug-likeness (QED) is 0.154. The van der Waals surface area contributed by atoms with Crippen molar-refractivity contribution in [3.63, 3.8) is 0 Å². The molecule has 0 saturated carbocycles. The number of morpholine rings is 2. The first-order valence-electron chi connectivity index (χ1n) is 23.5. The van der Waals surface area contributed by atoms with Crippen LogP contribution in [0.1, 0.15) is 46.5 Å². The molecule has 69 heavy (non-hydrogen) atoms. The lowest BCUT2D eigenvalue weighted by Crippen LogP contribution is -2.62. The number of piperidine rings is 2. The molecule has 10 rings (SSSR count). The van der Waals surface area contributed by atoms with Gasteiger partial charge >= 0.3 is 6.09 Å². The van der Waals surface area contributed by atoms with Crippen LogP contribution in [0, 0.1) is 11.6 Å². The zero-order chi connectivity index (χ0) is 48.3. The third kappa shape index (κ3) is 11.4. The minimum absolute atomic E-state index is 0.169. The van der Waals surface area contributed by atoms with E-state index in [4.69, 9.17) is 39.6 Å². The smallest absolute Gasteiger partial charge is 0.408 e. The predicted molar refractivity (Wildman–Crippen MR) is 262 cm³/mol. The number of ether oxygens (including phenoxy) is 5. The number of imidazole rings is 2. The fraction of sp³-hybridized carbons (Fsp3) is 0.553. The van der Waals surface area contributed by atoms with Crippen LogP contribution >= 0.6 is 22.7 Å². The molecule has 0 radical (unpaired) electrons. The second kappa shape index (κ2) is 20.6. The highest BCUT2D eigenvalue weighted by molar-refractivity contribution is 7.20. The Morgan fingerprint density at radius 3 is 1.61 bits per heavy atom. The number of nitrogens with one attached hydrogen (secondary N) is 1. The molecule has 1 amide bonds. The minimum atomic E-state index is -0.564. The van der Waals surface area contributed by atoms with Crippen molar-refractivity contribution in [3.05, 3.63) is 60.4 Å². The number of rotatable bonds is 11. The fourth-order valence-electron chi connectivity index (χ4n) is 9.40. The molecule has 4 aliphatic heterocycles. The van der Waals surface area contributed by atoms with Gasteiger partial charge in [-0.05, 0) is 70.7 Å². The van der Waals surface area contributed by atoms with E-state index in [1.165, 1.54) is 49.8 Å². The van der Waals surface area contributed by atoms with Crippen molar-refractivity contribution < 1.29 is 37.3 Å².